The van der Waals surface area contributed by atoms with Gasteiger partial charge in [0.2, 0.25) is 5.91 Å². The highest BCUT2D eigenvalue weighted by Crippen LogP contribution is 2.20. The van der Waals surface area contributed by atoms with Crippen molar-refractivity contribution < 1.29 is 9.59 Å². The third-order valence-electron chi connectivity index (χ3n) is 3.94. The molecule has 5 nitrogen and oxygen atoms in total. The highest BCUT2D eigenvalue weighted by Gasteiger charge is 2.33. The van der Waals surface area contributed by atoms with E-state index >= 15 is 0 Å². The molecule has 1 unspecified atom stereocenters. The zero-order valence-corrected chi connectivity index (χ0v) is 13.1. The first-order valence-electron chi connectivity index (χ1n) is 7.27. The molecule has 1 heterocycles. The second-order valence-corrected chi connectivity index (χ2v) is 5.61. The zero-order chi connectivity index (χ0) is 15.6. The van der Waals surface area contributed by atoms with E-state index in [1.165, 1.54) is 0 Å². The van der Waals surface area contributed by atoms with Crippen LogP contribution in [-0.4, -0.2) is 49.4 Å². The van der Waals surface area contributed by atoms with Gasteiger partial charge in [0.15, 0.2) is 0 Å². The standard InChI is InChI=1S/C16H23N3O2/c1-10-7-11(2)14(12(3)8-10)16(21)19-6-5-18-9-13(19)15(20)17-4/h7-8,13,18H,5-6,9H2,1-4H3,(H,17,20). The molecule has 1 aromatic carbocycles. The molecule has 0 bridgehead atoms. The average molecular weight is 289 g/mol. The number of hydrogen-bond acceptors (Lipinski definition) is 3. The smallest absolute Gasteiger partial charge is 0.255 e. The Hall–Kier alpha value is -1.88. The molecular formula is C16H23N3O2. The number of likely N-dealkylation sites (N-methyl/N-ethyl adjacent to an activating group) is 1. The number of hydrogen-bond donors (Lipinski definition) is 2. The number of aryl methyl sites for hydroxylation is 3. The first kappa shape index (κ1) is 15.5. The van der Waals surface area contributed by atoms with E-state index < -0.39 is 6.04 Å². The number of nitrogens with one attached hydrogen (secondary N) is 2. The van der Waals surface area contributed by atoms with Crippen LogP contribution >= 0.6 is 0 Å². The molecule has 0 radical (unpaired) electrons. The van der Waals surface area contributed by atoms with Crippen molar-refractivity contribution in [1.29, 1.82) is 0 Å². The number of carbonyl (C=O) groups excluding carboxylic acids is 2. The van der Waals surface area contributed by atoms with Crippen molar-refractivity contribution in [2.75, 3.05) is 26.7 Å². The number of carbonyl (C=O) groups is 2. The highest BCUT2D eigenvalue weighted by molar-refractivity contribution is 6.00. The maximum absolute atomic E-state index is 12.9. The van der Waals surface area contributed by atoms with E-state index in [0.29, 0.717) is 19.6 Å². The van der Waals surface area contributed by atoms with Gasteiger partial charge in [-0.3, -0.25) is 9.59 Å². The Balaban J connectivity index is 2.36. The first-order chi connectivity index (χ1) is 9.95. The second kappa shape index (κ2) is 6.26. The Bertz CT molecular complexity index is 546. The van der Waals surface area contributed by atoms with Crippen LogP contribution in [0.5, 0.6) is 0 Å². The monoisotopic (exact) mass is 289 g/mol. The number of rotatable bonds is 2. The van der Waals surface area contributed by atoms with Crippen LogP contribution < -0.4 is 10.6 Å². The fourth-order valence-electron chi connectivity index (χ4n) is 3.01. The Labute approximate surface area is 125 Å². The van der Waals surface area contributed by atoms with Crippen molar-refractivity contribution in [3.8, 4) is 0 Å². The zero-order valence-electron chi connectivity index (χ0n) is 13.1. The van der Waals surface area contributed by atoms with Gasteiger partial charge in [0.25, 0.3) is 5.91 Å². The summed E-state index contributed by atoms with van der Waals surface area (Å²) in [6, 6.07) is 3.57. The molecule has 1 aliphatic heterocycles. The van der Waals surface area contributed by atoms with Crippen LogP contribution in [0.15, 0.2) is 12.1 Å². The fraction of sp³-hybridized carbons (Fsp3) is 0.500. The van der Waals surface area contributed by atoms with Crippen LogP contribution in [0.1, 0.15) is 27.0 Å². The summed E-state index contributed by atoms with van der Waals surface area (Å²) in [5, 5.41) is 5.81. The molecule has 0 spiro atoms. The van der Waals surface area contributed by atoms with E-state index in [0.717, 1.165) is 22.3 Å². The third kappa shape index (κ3) is 3.08. The Morgan fingerprint density at radius 2 is 1.86 bits per heavy atom. The van der Waals surface area contributed by atoms with Gasteiger partial charge in [0.1, 0.15) is 6.04 Å². The second-order valence-electron chi connectivity index (χ2n) is 5.61. The van der Waals surface area contributed by atoms with Gasteiger partial charge in [-0.15, -0.1) is 0 Å². The lowest BCUT2D eigenvalue weighted by atomic mass is 9.97. The van der Waals surface area contributed by atoms with Gasteiger partial charge in [-0.25, -0.2) is 0 Å². The summed E-state index contributed by atoms with van der Waals surface area (Å²) < 4.78 is 0. The van der Waals surface area contributed by atoms with Gasteiger partial charge in [0, 0.05) is 32.2 Å². The van der Waals surface area contributed by atoms with Crippen molar-refractivity contribution in [2.45, 2.75) is 26.8 Å². The number of amides is 2. The lowest BCUT2D eigenvalue weighted by molar-refractivity contribution is -0.125. The molecule has 0 saturated carbocycles. The van der Waals surface area contributed by atoms with Crippen LogP contribution in [0, 0.1) is 20.8 Å². The predicted octanol–water partition coefficient (Wildman–Crippen LogP) is 0.772. The topological polar surface area (TPSA) is 61.4 Å². The normalized spacial score (nSPS) is 18.5. The largest absolute Gasteiger partial charge is 0.357 e. The Morgan fingerprint density at radius 1 is 1.24 bits per heavy atom. The third-order valence-corrected chi connectivity index (χ3v) is 3.94. The van der Waals surface area contributed by atoms with Crippen molar-refractivity contribution in [3.05, 3.63) is 34.4 Å². The molecule has 1 saturated heterocycles. The van der Waals surface area contributed by atoms with E-state index in [2.05, 4.69) is 10.6 Å². The maximum atomic E-state index is 12.9. The SMILES string of the molecule is CNC(=O)C1CNCCN1C(=O)c1c(C)cc(C)cc1C. The lowest BCUT2D eigenvalue weighted by Gasteiger charge is -2.35. The predicted molar refractivity (Wildman–Crippen MR) is 82.4 cm³/mol. The minimum Gasteiger partial charge on any atom is -0.357 e. The number of nitrogens with zero attached hydrogens (tertiary/aromatic N) is 1. The molecule has 1 fully saturated rings. The molecule has 1 atom stereocenters. The van der Waals surface area contributed by atoms with Crippen molar-refractivity contribution in [2.24, 2.45) is 0 Å². The van der Waals surface area contributed by atoms with E-state index in [1.807, 2.05) is 32.9 Å². The average Bonchev–Trinajstić information content (AvgIpc) is 2.45. The van der Waals surface area contributed by atoms with E-state index in [1.54, 1.807) is 11.9 Å². The summed E-state index contributed by atoms with van der Waals surface area (Å²) >= 11 is 0. The molecule has 1 aromatic rings. The summed E-state index contributed by atoms with van der Waals surface area (Å²) in [7, 11) is 1.60. The lowest BCUT2D eigenvalue weighted by Crippen LogP contribution is -2.59. The molecule has 2 N–H and O–H groups in total. The Morgan fingerprint density at radius 3 is 2.43 bits per heavy atom. The molecule has 21 heavy (non-hydrogen) atoms. The quantitative estimate of drug-likeness (QED) is 0.845. The van der Waals surface area contributed by atoms with Gasteiger partial charge in [-0.05, 0) is 31.9 Å². The number of benzene rings is 1. The summed E-state index contributed by atoms with van der Waals surface area (Å²) in [4.78, 5) is 26.6. The first-order valence-corrected chi connectivity index (χ1v) is 7.27. The summed E-state index contributed by atoms with van der Waals surface area (Å²) in [6.07, 6.45) is 0. The molecule has 2 rings (SSSR count). The summed E-state index contributed by atoms with van der Waals surface area (Å²) in [5.41, 5.74) is 3.79. The van der Waals surface area contributed by atoms with Crippen molar-refractivity contribution in [1.82, 2.24) is 15.5 Å². The minimum absolute atomic E-state index is 0.0555. The summed E-state index contributed by atoms with van der Waals surface area (Å²) in [5.74, 6) is -0.182. The van der Waals surface area contributed by atoms with Gasteiger partial charge in [-0.1, -0.05) is 17.7 Å². The Kier molecular flexibility index (Phi) is 4.63. The molecule has 0 aromatic heterocycles. The van der Waals surface area contributed by atoms with Crippen LogP contribution in [0.3, 0.4) is 0 Å². The fourth-order valence-corrected chi connectivity index (χ4v) is 3.01. The van der Waals surface area contributed by atoms with E-state index in [-0.39, 0.29) is 11.8 Å². The molecule has 114 valence electrons. The van der Waals surface area contributed by atoms with Crippen LogP contribution in [0.25, 0.3) is 0 Å². The highest BCUT2D eigenvalue weighted by atomic mass is 16.2. The molecule has 0 aliphatic carbocycles. The van der Waals surface area contributed by atoms with Gasteiger partial charge in [-0.2, -0.15) is 0 Å². The van der Waals surface area contributed by atoms with Crippen LogP contribution in [0.4, 0.5) is 0 Å². The molecule has 1 aliphatic rings. The van der Waals surface area contributed by atoms with Gasteiger partial charge >= 0.3 is 0 Å². The van der Waals surface area contributed by atoms with Crippen molar-refractivity contribution in [3.63, 3.8) is 0 Å². The van der Waals surface area contributed by atoms with Crippen LogP contribution in [0.2, 0.25) is 0 Å². The van der Waals surface area contributed by atoms with E-state index in [9.17, 15) is 9.59 Å². The molecule has 2 amide bonds. The maximum Gasteiger partial charge on any atom is 0.255 e. The minimum atomic E-state index is -0.448. The molecule has 5 heteroatoms. The van der Waals surface area contributed by atoms with Gasteiger partial charge in [0.05, 0.1) is 0 Å². The summed E-state index contributed by atoms with van der Waals surface area (Å²) in [6.45, 7) is 7.67. The van der Waals surface area contributed by atoms with E-state index in [4.69, 9.17) is 0 Å². The van der Waals surface area contributed by atoms with Crippen molar-refractivity contribution >= 4 is 11.8 Å². The molecular weight excluding hydrogens is 266 g/mol. The van der Waals surface area contributed by atoms with Crippen LogP contribution in [-0.2, 0) is 4.79 Å². The number of piperazine rings is 1. The van der Waals surface area contributed by atoms with Gasteiger partial charge < -0.3 is 15.5 Å².